The van der Waals surface area contributed by atoms with Gasteiger partial charge in [-0.25, -0.2) is 14.0 Å². The number of carbonyl (C=O) groups excluding carboxylic acids is 2. The van der Waals surface area contributed by atoms with Gasteiger partial charge in [-0.05, 0) is 73.0 Å². The zero-order valence-corrected chi connectivity index (χ0v) is 25.6. The van der Waals surface area contributed by atoms with Crippen LogP contribution >= 0.6 is 0 Å². The van der Waals surface area contributed by atoms with Crippen LogP contribution in [0.15, 0.2) is 77.7 Å². The van der Waals surface area contributed by atoms with Gasteiger partial charge in [0, 0.05) is 74.8 Å². The molecule has 0 spiro atoms. The van der Waals surface area contributed by atoms with E-state index in [2.05, 4.69) is 5.32 Å². The van der Waals surface area contributed by atoms with Gasteiger partial charge in [-0.3, -0.25) is 9.59 Å². The number of carboxylic acid groups (broad SMARTS) is 1. The molecule has 2 fully saturated rings. The standard InChI is InChI=1S/C35H34FN5O5/c1-38(2)25-10-3-22(4-11-25)5-14-32(42)23-6-8-24(9-7-23)37-35(46)40-17-15-39(16-18-40)31-20-30-27(19-29(31)36)33(43)28(34(44)45)21-41(30)26-12-13-26/h3-11,14,19-21,26H,12-13,15-18H2,1-2H3,(H,37,46)(H,44,45)/b14-5+. The van der Waals surface area contributed by atoms with Crippen molar-refractivity contribution in [1.82, 2.24) is 9.47 Å². The summed E-state index contributed by atoms with van der Waals surface area (Å²) in [6, 6.07) is 17.1. The molecule has 3 aromatic carbocycles. The zero-order valence-electron chi connectivity index (χ0n) is 25.6. The number of aromatic carboxylic acids is 1. The minimum Gasteiger partial charge on any atom is -0.477 e. The molecule has 2 amide bonds. The molecule has 4 aromatic rings. The van der Waals surface area contributed by atoms with E-state index in [1.165, 1.54) is 12.3 Å². The predicted octanol–water partition coefficient (Wildman–Crippen LogP) is 5.49. The van der Waals surface area contributed by atoms with Crippen LogP contribution in [0.2, 0.25) is 0 Å². The molecule has 1 aliphatic heterocycles. The molecule has 46 heavy (non-hydrogen) atoms. The van der Waals surface area contributed by atoms with Crippen LogP contribution in [0.4, 0.5) is 26.2 Å². The van der Waals surface area contributed by atoms with Gasteiger partial charge in [0.05, 0.1) is 11.2 Å². The number of piperazine rings is 1. The van der Waals surface area contributed by atoms with E-state index in [1.807, 2.05) is 48.2 Å². The van der Waals surface area contributed by atoms with Crippen LogP contribution < -0.4 is 20.5 Å². The van der Waals surface area contributed by atoms with E-state index >= 15 is 4.39 Å². The molecule has 2 aliphatic rings. The van der Waals surface area contributed by atoms with Crippen LogP contribution in [0, 0.1) is 5.82 Å². The Labute approximate surface area is 265 Å². The lowest BCUT2D eigenvalue weighted by Crippen LogP contribution is -2.50. The largest absolute Gasteiger partial charge is 0.477 e. The smallest absolute Gasteiger partial charge is 0.341 e. The van der Waals surface area contributed by atoms with Gasteiger partial charge in [0.1, 0.15) is 11.4 Å². The second-order valence-corrected chi connectivity index (χ2v) is 11.8. The number of fused-ring (bicyclic) bond motifs is 1. The number of hydrogen-bond donors (Lipinski definition) is 2. The van der Waals surface area contributed by atoms with Gasteiger partial charge in [-0.1, -0.05) is 18.2 Å². The second kappa shape index (κ2) is 12.5. The fourth-order valence-corrected chi connectivity index (χ4v) is 5.63. The number of ketones is 1. The summed E-state index contributed by atoms with van der Waals surface area (Å²) in [4.78, 5) is 55.6. The van der Waals surface area contributed by atoms with E-state index in [4.69, 9.17) is 0 Å². The van der Waals surface area contributed by atoms with Gasteiger partial charge >= 0.3 is 12.0 Å². The van der Waals surface area contributed by atoms with Crippen molar-refractivity contribution in [2.45, 2.75) is 18.9 Å². The van der Waals surface area contributed by atoms with E-state index < -0.39 is 17.2 Å². The Balaban J connectivity index is 1.07. The van der Waals surface area contributed by atoms with Crippen molar-refractivity contribution in [3.8, 4) is 0 Å². The normalized spacial score (nSPS) is 14.9. The molecule has 2 heterocycles. The highest BCUT2D eigenvalue weighted by Crippen LogP contribution is 2.38. The zero-order chi connectivity index (χ0) is 32.5. The van der Waals surface area contributed by atoms with Gasteiger partial charge < -0.3 is 29.7 Å². The molecular formula is C35H34FN5O5. The summed E-state index contributed by atoms with van der Waals surface area (Å²) in [6.07, 6.45) is 6.37. The monoisotopic (exact) mass is 623 g/mol. The second-order valence-electron chi connectivity index (χ2n) is 11.8. The van der Waals surface area contributed by atoms with E-state index in [0.29, 0.717) is 48.6 Å². The van der Waals surface area contributed by atoms with Crippen molar-refractivity contribution in [2.24, 2.45) is 0 Å². The SMILES string of the molecule is CN(C)c1ccc(/C=C/C(=O)c2ccc(NC(=O)N3CCN(c4cc5c(cc4F)c(=O)c(C(=O)O)cn5C4CC4)CC3)cc2)cc1. The number of rotatable bonds is 8. The van der Waals surface area contributed by atoms with Crippen LogP contribution in [0.3, 0.4) is 0 Å². The summed E-state index contributed by atoms with van der Waals surface area (Å²) in [6.45, 7) is 1.42. The maximum atomic E-state index is 15.3. The van der Waals surface area contributed by atoms with Gasteiger partial charge in [-0.15, -0.1) is 0 Å². The molecule has 10 nitrogen and oxygen atoms in total. The summed E-state index contributed by atoms with van der Waals surface area (Å²) in [5.41, 5.74) is 2.77. The third kappa shape index (κ3) is 6.35. The highest BCUT2D eigenvalue weighted by molar-refractivity contribution is 6.07. The molecule has 0 radical (unpaired) electrons. The van der Waals surface area contributed by atoms with Crippen LogP contribution in [0.1, 0.15) is 45.2 Å². The van der Waals surface area contributed by atoms with Crippen molar-refractivity contribution >= 4 is 51.8 Å². The fourth-order valence-electron chi connectivity index (χ4n) is 5.63. The first-order valence-electron chi connectivity index (χ1n) is 15.1. The average Bonchev–Trinajstić information content (AvgIpc) is 3.90. The summed E-state index contributed by atoms with van der Waals surface area (Å²) in [7, 11) is 3.93. The maximum Gasteiger partial charge on any atom is 0.341 e. The predicted molar refractivity (Wildman–Crippen MR) is 177 cm³/mol. The molecule has 0 bridgehead atoms. The van der Waals surface area contributed by atoms with Crippen molar-refractivity contribution in [2.75, 3.05) is 55.4 Å². The number of urea groups is 1. The quantitative estimate of drug-likeness (QED) is 0.197. The summed E-state index contributed by atoms with van der Waals surface area (Å²) < 4.78 is 17.1. The third-order valence-electron chi connectivity index (χ3n) is 8.44. The van der Waals surface area contributed by atoms with Gasteiger partial charge in [0.25, 0.3) is 0 Å². The van der Waals surface area contributed by atoms with E-state index in [9.17, 15) is 24.3 Å². The number of carbonyl (C=O) groups is 3. The fraction of sp³-hybridized carbons (Fsp3) is 0.257. The topological polar surface area (TPSA) is 115 Å². The highest BCUT2D eigenvalue weighted by Gasteiger charge is 2.29. The number of nitrogens with zero attached hydrogens (tertiary/aromatic N) is 4. The lowest BCUT2D eigenvalue weighted by Gasteiger charge is -2.36. The van der Waals surface area contributed by atoms with Gasteiger partial charge in [0.15, 0.2) is 5.78 Å². The number of pyridine rings is 1. The number of carboxylic acids is 1. The highest BCUT2D eigenvalue weighted by atomic mass is 19.1. The number of nitrogens with one attached hydrogen (secondary N) is 1. The third-order valence-corrected chi connectivity index (χ3v) is 8.44. The average molecular weight is 624 g/mol. The van der Waals surface area contributed by atoms with Crippen molar-refractivity contribution in [3.05, 3.63) is 106 Å². The molecule has 6 rings (SSSR count). The summed E-state index contributed by atoms with van der Waals surface area (Å²) in [5, 5.41) is 12.4. The number of hydrogen-bond acceptors (Lipinski definition) is 6. The Hall–Kier alpha value is -5.45. The number of halogens is 1. The number of anilines is 3. The maximum absolute atomic E-state index is 15.3. The van der Waals surface area contributed by atoms with Crippen LogP contribution in [0.25, 0.3) is 17.0 Å². The first kappa shape index (κ1) is 30.6. The molecular weight excluding hydrogens is 589 g/mol. The molecule has 1 saturated carbocycles. The Kier molecular flexibility index (Phi) is 8.31. The van der Waals surface area contributed by atoms with Crippen LogP contribution in [-0.2, 0) is 0 Å². The summed E-state index contributed by atoms with van der Waals surface area (Å²) in [5.74, 6) is -2.10. The summed E-state index contributed by atoms with van der Waals surface area (Å²) >= 11 is 0. The van der Waals surface area contributed by atoms with E-state index in [1.54, 1.807) is 45.9 Å². The van der Waals surface area contributed by atoms with E-state index in [0.717, 1.165) is 30.2 Å². The van der Waals surface area contributed by atoms with Crippen molar-refractivity contribution in [3.63, 3.8) is 0 Å². The first-order chi connectivity index (χ1) is 22.1. The first-order valence-corrected chi connectivity index (χ1v) is 15.1. The molecule has 1 aromatic heterocycles. The molecule has 1 saturated heterocycles. The number of benzene rings is 3. The molecule has 0 atom stereocenters. The molecule has 236 valence electrons. The molecule has 11 heteroatoms. The Morgan fingerprint density at radius 3 is 2.24 bits per heavy atom. The molecule has 1 aliphatic carbocycles. The minimum absolute atomic E-state index is 0.0460. The Bertz CT molecular complexity index is 1910. The molecule has 0 unspecified atom stereocenters. The Morgan fingerprint density at radius 2 is 1.63 bits per heavy atom. The Morgan fingerprint density at radius 1 is 0.957 bits per heavy atom. The molecule has 2 N–H and O–H groups in total. The van der Waals surface area contributed by atoms with Crippen molar-refractivity contribution in [1.29, 1.82) is 0 Å². The van der Waals surface area contributed by atoms with E-state index in [-0.39, 0.29) is 28.8 Å². The number of aromatic nitrogens is 1. The number of allylic oxidation sites excluding steroid dienone is 1. The van der Waals surface area contributed by atoms with Gasteiger partial charge in [-0.2, -0.15) is 0 Å². The lowest BCUT2D eigenvalue weighted by molar-refractivity contribution is 0.0694. The van der Waals surface area contributed by atoms with Crippen LogP contribution in [0.5, 0.6) is 0 Å². The number of amides is 2. The minimum atomic E-state index is -1.33. The van der Waals surface area contributed by atoms with Crippen LogP contribution in [-0.4, -0.2) is 72.6 Å². The lowest BCUT2D eigenvalue weighted by atomic mass is 10.1. The van der Waals surface area contributed by atoms with Gasteiger partial charge in [0.2, 0.25) is 5.43 Å². The van der Waals surface area contributed by atoms with Crippen molar-refractivity contribution < 1.29 is 23.9 Å².